The van der Waals surface area contributed by atoms with E-state index in [9.17, 15) is 70.2 Å². The second kappa shape index (κ2) is 32.8. The van der Waals surface area contributed by atoms with E-state index in [-0.39, 0.29) is 60.8 Å². The lowest BCUT2D eigenvalue weighted by molar-refractivity contribution is -0.132. The first-order valence-electron chi connectivity index (χ1n) is 24.9. The summed E-state index contributed by atoms with van der Waals surface area (Å²) in [6, 6.07) is 13.1. The van der Waals surface area contributed by atoms with Gasteiger partial charge in [0.1, 0.15) is 48.7 Å². The summed E-state index contributed by atoms with van der Waals surface area (Å²) in [5.41, 5.74) is 20.8. The fraction of sp³-hybridized carbons (Fsp3) is 0.571. The van der Waals surface area contributed by atoms with Crippen LogP contribution in [0.5, 0.6) is 0 Å². The lowest BCUT2D eigenvalue weighted by Crippen LogP contribution is -2.54. The Balaban J connectivity index is 1.54. The Bertz CT molecular complexity index is 2260. The molecule has 11 atom stereocenters. The number of aliphatic hydroxyl groups excluding tert-OH is 10. The number of halogens is 1. The van der Waals surface area contributed by atoms with Gasteiger partial charge in [0.25, 0.3) is 5.91 Å². The Hall–Kier alpha value is -5.72. The van der Waals surface area contributed by atoms with E-state index in [4.69, 9.17) is 34.2 Å². The summed E-state index contributed by atoms with van der Waals surface area (Å²) in [7, 11) is 0. The molecule has 22 N–H and O–H groups in total. The van der Waals surface area contributed by atoms with Gasteiger partial charge in [0.15, 0.2) is 28.4 Å². The first-order valence-corrected chi connectivity index (χ1v) is 25.3. The molecule has 0 radical (unpaired) electrons. The third-order valence-corrected chi connectivity index (χ3v) is 12.6. The van der Waals surface area contributed by atoms with E-state index in [0.717, 1.165) is 41.5 Å². The van der Waals surface area contributed by atoms with E-state index in [2.05, 4.69) is 48.7 Å². The number of rotatable bonds is 33. The summed E-state index contributed by atoms with van der Waals surface area (Å²) in [4.78, 5) is 60.4. The topological polar surface area (TPSA) is 462 Å². The molecule has 27 heteroatoms. The summed E-state index contributed by atoms with van der Waals surface area (Å²) in [5, 5.41) is 122. The second-order valence-electron chi connectivity index (χ2n) is 18.6. The molecule has 4 amide bonds. The number of nitrogen functional groups attached to an aromatic ring is 2. The molecule has 76 heavy (non-hydrogen) atoms. The van der Waals surface area contributed by atoms with Crippen LogP contribution in [0.3, 0.4) is 0 Å². The molecule has 0 fully saturated rings. The van der Waals surface area contributed by atoms with Crippen LogP contribution in [-0.2, 0) is 27.2 Å². The molecule has 1 heterocycles. The van der Waals surface area contributed by atoms with Gasteiger partial charge in [-0.2, -0.15) is 0 Å². The van der Waals surface area contributed by atoms with Crippen molar-refractivity contribution >= 4 is 52.8 Å². The normalized spacial score (nSPS) is 15.9. The monoisotopic (exact) mass is 1090 g/mol. The van der Waals surface area contributed by atoms with E-state index in [1.807, 2.05) is 36.4 Å². The Morgan fingerprint density at radius 3 is 1.64 bits per heavy atom. The number of aliphatic hydroxyl groups is 10. The van der Waals surface area contributed by atoms with Crippen molar-refractivity contribution in [2.75, 3.05) is 57.4 Å². The van der Waals surface area contributed by atoms with Gasteiger partial charge < -0.3 is 89.5 Å². The molecule has 2 aromatic carbocycles. The first-order chi connectivity index (χ1) is 36.0. The van der Waals surface area contributed by atoms with Crippen molar-refractivity contribution in [2.45, 2.75) is 132 Å². The summed E-state index contributed by atoms with van der Waals surface area (Å²) in [6.07, 6.45) is -11.0. The summed E-state index contributed by atoms with van der Waals surface area (Å²) < 4.78 is 0. The number of carbonyl (C=O) groups excluding carboxylic acids is 4. The van der Waals surface area contributed by atoms with E-state index >= 15 is 0 Å². The molecule has 424 valence electrons. The van der Waals surface area contributed by atoms with Gasteiger partial charge in [0.2, 0.25) is 17.7 Å². The Morgan fingerprint density at radius 2 is 1.13 bits per heavy atom. The molecule has 3 unspecified atom stereocenters. The first kappa shape index (κ1) is 64.6. The van der Waals surface area contributed by atoms with E-state index in [1.54, 1.807) is 0 Å². The molecule has 0 aliphatic heterocycles. The van der Waals surface area contributed by atoms with Crippen molar-refractivity contribution in [2.24, 2.45) is 5.73 Å². The number of amides is 4. The van der Waals surface area contributed by atoms with Crippen molar-refractivity contribution in [3.8, 4) is 11.1 Å². The second-order valence-corrected chi connectivity index (χ2v) is 18.9. The quantitative estimate of drug-likeness (QED) is 0.0157. The van der Waals surface area contributed by atoms with Gasteiger partial charge in [-0.3, -0.25) is 34.8 Å². The number of nitrogens with two attached hydrogens (primary N) is 3. The van der Waals surface area contributed by atoms with E-state index in [1.165, 1.54) is 18.7 Å². The SMILES string of the molecule is CC(N)C(=O)NC(C)C(=O)NC(CCCCN(C[C@H](O)[C@@H](O)[C@H](O)[C@H](O)CO)C[C@H](O)[C@@H](O)[C@H](O)[C@H](O)CO)C(=O)NCCCc1ccc(-c2ccc(CCCCNC(=N)NC(=O)c3nc(Cl)c(N)nc3N)cc2)cc1. The summed E-state index contributed by atoms with van der Waals surface area (Å²) in [5.74, 6) is -3.05. The van der Waals surface area contributed by atoms with Gasteiger partial charge in [0, 0.05) is 26.2 Å². The maximum atomic E-state index is 13.6. The molecular formula is C49H77ClN12O14. The lowest BCUT2D eigenvalue weighted by atomic mass is 9.99. The average Bonchev–Trinajstić information content (AvgIpc) is 3.40. The number of nitrogens with one attached hydrogen (secondary N) is 6. The third kappa shape index (κ3) is 21.4. The van der Waals surface area contributed by atoms with Gasteiger partial charge >= 0.3 is 0 Å². The Kier molecular flexibility index (Phi) is 27.8. The number of aryl methyl sites for hydroxylation is 2. The van der Waals surface area contributed by atoms with Crippen LogP contribution in [0.2, 0.25) is 5.15 Å². The molecular weight excluding hydrogens is 1020 g/mol. The van der Waals surface area contributed by atoms with Crippen LogP contribution < -0.4 is 43.8 Å². The average molecular weight is 1090 g/mol. The molecule has 3 aromatic rings. The number of unbranched alkanes of at least 4 members (excludes halogenated alkanes) is 2. The zero-order valence-corrected chi connectivity index (χ0v) is 43.4. The van der Waals surface area contributed by atoms with Crippen LogP contribution in [-0.4, -0.2) is 208 Å². The standard InChI is InChI=1S/C49H77ClN12O14/c1-26(51)45(73)57-27(2)46(74)58-32(10-4-6-21-62(22-33(65)38(69)40(71)35(67)24-63)23-34(66)39(70)41(72)36(68)25-64)47(75)55-20-7-9-29-13-17-31(18-14-29)30-15-11-28(12-16-30)8-3-5-19-56-49(54)61-48(76)37-43(52)60-44(53)42(50)59-37/h11-18,26-27,32-36,38-41,63-72H,3-10,19-25,51H2,1-2H3,(H,55,75)(H,57,73)(H,58,74)(H4,52,53,60)(H3,54,56,61,76)/t26?,27?,32?,33-,34-,35+,36+,38+,39+,40+,41+/m0/s1. The molecule has 0 spiro atoms. The molecule has 0 saturated heterocycles. The van der Waals surface area contributed by atoms with Crippen LogP contribution >= 0.6 is 11.6 Å². The molecule has 3 rings (SSSR count). The minimum atomic E-state index is -1.97. The molecule has 0 saturated carbocycles. The molecule has 0 aliphatic rings. The fourth-order valence-corrected chi connectivity index (χ4v) is 7.76. The molecule has 0 bridgehead atoms. The van der Waals surface area contributed by atoms with E-state index in [0.29, 0.717) is 19.4 Å². The number of aromatic nitrogens is 2. The maximum Gasteiger partial charge on any atom is 0.280 e. The largest absolute Gasteiger partial charge is 0.394 e. The Labute approximate surface area is 445 Å². The third-order valence-electron chi connectivity index (χ3n) is 12.3. The van der Waals surface area contributed by atoms with Crippen molar-refractivity contribution in [3.05, 3.63) is 70.5 Å². The van der Waals surface area contributed by atoms with Crippen LogP contribution in [0.25, 0.3) is 11.1 Å². The zero-order valence-electron chi connectivity index (χ0n) is 42.6. The Morgan fingerprint density at radius 1 is 0.632 bits per heavy atom. The van der Waals surface area contributed by atoms with Crippen LogP contribution in [0.4, 0.5) is 11.6 Å². The molecule has 0 aliphatic carbocycles. The van der Waals surface area contributed by atoms with Gasteiger partial charge in [-0.1, -0.05) is 60.1 Å². The smallest absolute Gasteiger partial charge is 0.280 e. The lowest BCUT2D eigenvalue weighted by Gasteiger charge is -2.33. The number of hydrogen-bond acceptors (Lipinski definition) is 21. The molecule has 1 aromatic heterocycles. The highest BCUT2D eigenvalue weighted by atomic mass is 35.5. The number of hydrogen-bond donors (Lipinski definition) is 19. The van der Waals surface area contributed by atoms with Crippen molar-refractivity contribution in [1.82, 2.24) is 41.5 Å². The predicted octanol–water partition coefficient (Wildman–Crippen LogP) is -4.03. The minimum absolute atomic E-state index is 0.00428. The van der Waals surface area contributed by atoms with Crippen LogP contribution in [0.1, 0.15) is 74.0 Å². The zero-order chi connectivity index (χ0) is 56.6. The minimum Gasteiger partial charge on any atom is -0.394 e. The number of nitrogens with zero attached hydrogens (tertiary/aromatic N) is 3. The predicted molar refractivity (Wildman–Crippen MR) is 281 cm³/mol. The highest BCUT2D eigenvalue weighted by Crippen LogP contribution is 2.22. The van der Waals surface area contributed by atoms with E-state index < -0.39 is 117 Å². The van der Waals surface area contributed by atoms with Crippen molar-refractivity contribution in [3.63, 3.8) is 0 Å². The van der Waals surface area contributed by atoms with Crippen LogP contribution in [0, 0.1) is 5.41 Å². The molecule has 26 nitrogen and oxygen atoms in total. The van der Waals surface area contributed by atoms with Gasteiger partial charge in [-0.15, -0.1) is 0 Å². The summed E-state index contributed by atoms with van der Waals surface area (Å²) in [6.45, 7) is 0.743. The van der Waals surface area contributed by atoms with Crippen LogP contribution in [0.15, 0.2) is 48.5 Å². The van der Waals surface area contributed by atoms with Gasteiger partial charge in [-0.25, -0.2) is 9.97 Å². The number of carbonyl (C=O) groups is 4. The summed E-state index contributed by atoms with van der Waals surface area (Å²) >= 11 is 5.84. The van der Waals surface area contributed by atoms with Gasteiger partial charge in [-0.05, 0) is 94.0 Å². The number of benzene rings is 2. The number of anilines is 2. The number of guanidine groups is 1. The maximum absolute atomic E-state index is 13.6. The highest BCUT2D eigenvalue weighted by molar-refractivity contribution is 6.31. The van der Waals surface area contributed by atoms with Gasteiger partial charge in [0.05, 0.1) is 31.5 Å². The van der Waals surface area contributed by atoms with Crippen molar-refractivity contribution < 1.29 is 70.2 Å². The van der Waals surface area contributed by atoms with Crippen molar-refractivity contribution in [1.29, 1.82) is 5.41 Å². The highest BCUT2D eigenvalue weighted by Gasteiger charge is 2.35. The fourth-order valence-electron chi connectivity index (χ4n) is 7.64.